The first-order chi connectivity index (χ1) is 14.1. The van der Waals surface area contributed by atoms with Gasteiger partial charge in [-0.3, -0.25) is 0 Å². The summed E-state index contributed by atoms with van der Waals surface area (Å²) < 4.78 is 0. The van der Waals surface area contributed by atoms with Crippen molar-refractivity contribution < 1.29 is 0 Å². The van der Waals surface area contributed by atoms with Crippen LogP contribution >= 0.6 is 7.92 Å². The van der Waals surface area contributed by atoms with Gasteiger partial charge >= 0.3 is 0 Å². The van der Waals surface area contributed by atoms with Gasteiger partial charge in [0.05, 0.1) is 0 Å². The lowest BCUT2D eigenvalue weighted by Crippen LogP contribution is -2.25. The molecule has 0 aliphatic heterocycles. The standard InChI is InChI=1S/C21H21P.C7H8/c1-16-10-4-7-13-19(16)22(20-14-8-5-11-17(20)2)21-15-9-6-12-18(21)3;1-7-5-3-2-4-6-7/h4-15H,1-3H3;2-6H,1H3. The predicted molar refractivity (Wildman–Crippen MR) is 131 cm³/mol. The van der Waals surface area contributed by atoms with Gasteiger partial charge in [-0.2, -0.15) is 0 Å². The maximum Gasteiger partial charge on any atom is -0.0122 e. The van der Waals surface area contributed by atoms with E-state index in [1.54, 1.807) is 0 Å². The Morgan fingerprint density at radius 2 is 0.690 bits per heavy atom. The Bertz CT molecular complexity index is 942. The van der Waals surface area contributed by atoms with E-state index in [0.29, 0.717) is 0 Å². The lowest BCUT2D eigenvalue weighted by molar-refractivity contribution is 1.48. The zero-order valence-corrected chi connectivity index (χ0v) is 18.7. The highest BCUT2D eigenvalue weighted by molar-refractivity contribution is 7.80. The first-order valence-electron chi connectivity index (χ1n) is 10.1. The summed E-state index contributed by atoms with van der Waals surface area (Å²) in [5.41, 5.74) is 5.45. The Morgan fingerprint density at radius 1 is 0.379 bits per heavy atom. The van der Waals surface area contributed by atoms with Crippen LogP contribution in [0, 0.1) is 27.7 Å². The summed E-state index contributed by atoms with van der Waals surface area (Å²) in [4.78, 5) is 0. The number of hydrogen-bond donors (Lipinski definition) is 0. The topological polar surface area (TPSA) is 0 Å². The van der Waals surface area contributed by atoms with Gasteiger partial charge in [0.25, 0.3) is 0 Å². The van der Waals surface area contributed by atoms with Crippen molar-refractivity contribution in [3.8, 4) is 0 Å². The number of hydrogen-bond acceptors (Lipinski definition) is 0. The molecule has 0 radical (unpaired) electrons. The zero-order chi connectivity index (χ0) is 20.6. The van der Waals surface area contributed by atoms with Crippen molar-refractivity contribution >= 4 is 23.8 Å². The second-order valence-corrected chi connectivity index (χ2v) is 9.47. The Morgan fingerprint density at radius 3 is 0.966 bits per heavy atom. The van der Waals surface area contributed by atoms with Gasteiger partial charge < -0.3 is 0 Å². The zero-order valence-electron chi connectivity index (χ0n) is 17.8. The van der Waals surface area contributed by atoms with E-state index in [2.05, 4.69) is 113 Å². The molecule has 1 heteroatoms. The lowest BCUT2D eigenvalue weighted by Gasteiger charge is -2.24. The smallest absolute Gasteiger partial charge is 0.0122 e. The van der Waals surface area contributed by atoms with E-state index in [9.17, 15) is 0 Å². The molecule has 146 valence electrons. The third-order valence-electron chi connectivity index (χ3n) is 5.01. The number of aryl methyl sites for hydroxylation is 4. The molecular weight excluding hydrogens is 367 g/mol. The summed E-state index contributed by atoms with van der Waals surface area (Å²) >= 11 is 0. The Hall–Kier alpha value is -2.69. The molecule has 0 amide bonds. The van der Waals surface area contributed by atoms with Crippen LogP contribution in [-0.4, -0.2) is 0 Å². The molecule has 4 rings (SSSR count). The van der Waals surface area contributed by atoms with Gasteiger partial charge in [-0.05, 0) is 68.2 Å². The monoisotopic (exact) mass is 396 g/mol. The van der Waals surface area contributed by atoms with Crippen LogP contribution in [0.4, 0.5) is 0 Å². The van der Waals surface area contributed by atoms with E-state index in [1.165, 1.54) is 38.2 Å². The van der Waals surface area contributed by atoms with Crippen molar-refractivity contribution in [1.82, 2.24) is 0 Å². The summed E-state index contributed by atoms with van der Waals surface area (Å²) in [6.45, 7) is 8.75. The predicted octanol–water partition coefficient (Wildman–Crippen LogP) is 6.37. The Kier molecular flexibility index (Phi) is 7.39. The van der Waals surface area contributed by atoms with Gasteiger partial charge in [0.2, 0.25) is 0 Å². The quantitative estimate of drug-likeness (QED) is 0.353. The highest BCUT2D eigenvalue weighted by Crippen LogP contribution is 2.36. The molecule has 0 aliphatic carbocycles. The van der Waals surface area contributed by atoms with Gasteiger partial charge in [-0.25, -0.2) is 0 Å². The molecular formula is C28H29P. The second kappa shape index (κ2) is 10.2. The molecule has 0 atom stereocenters. The minimum absolute atomic E-state index is 0.508. The highest BCUT2D eigenvalue weighted by Gasteiger charge is 2.20. The average molecular weight is 397 g/mol. The SMILES string of the molecule is Cc1ccccc1.Cc1ccccc1P(c1ccccc1C)c1ccccc1C. The maximum absolute atomic E-state index is 2.29. The molecule has 4 aromatic carbocycles. The van der Waals surface area contributed by atoms with Crippen LogP contribution in [0.2, 0.25) is 0 Å². The third kappa shape index (κ3) is 5.43. The summed E-state index contributed by atoms with van der Waals surface area (Å²) in [5.74, 6) is 0. The van der Waals surface area contributed by atoms with E-state index in [1.807, 2.05) is 18.2 Å². The fraction of sp³-hybridized carbons (Fsp3) is 0.143. The molecule has 0 N–H and O–H groups in total. The van der Waals surface area contributed by atoms with Crippen LogP contribution in [0.15, 0.2) is 103 Å². The molecule has 0 nitrogen and oxygen atoms in total. The Balaban J connectivity index is 0.000000290. The van der Waals surface area contributed by atoms with Crippen molar-refractivity contribution in [3.63, 3.8) is 0 Å². The van der Waals surface area contributed by atoms with Gasteiger partial charge in [0.15, 0.2) is 0 Å². The molecule has 0 saturated carbocycles. The van der Waals surface area contributed by atoms with Gasteiger partial charge in [0.1, 0.15) is 0 Å². The maximum atomic E-state index is 2.29. The summed E-state index contributed by atoms with van der Waals surface area (Å²) in [7, 11) is -0.508. The Labute approximate surface area is 177 Å². The van der Waals surface area contributed by atoms with Gasteiger partial charge in [0, 0.05) is 0 Å². The molecule has 0 unspecified atom stereocenters. The third-order valence-corrected chi connectivity index (χ3v) is 7.96. The van der Waals surface area contributed by atoms with Crippen molar-refractivity contribution in [2.45, 2.75) is 27.7 Å². The minimum Gasteiger partial charge on any atom is -0.0622 e. The molecule has 0 bridgehead atoms. The summed E-state index contributed by atoms with van der Waals surface area (Å²) in [6.07, 6.45) is 0. The molecule has 0 fully saturated rings. The van der Waals surface area contributed by atoms with E-state index < -0.39 is 7.92 Å². The van der Waals surface area contributed by atoms with Crippen LogP contribution in [-0.2, 0) is 0 Å². The fourth-order valence-corrected chi connectivity index (χ4v) is 6.13. The normalized spacial score (nSPS) is 10.4. The number of benzene rings is 4. The highest BCUT2D eigenvalue weighted by atomic mass is 31.1. The largest absolute Gasteiger partial charge is 0.0622 e. The van der Waals surface area contributed by atoms with Crippen LogP contribution in [0.25, 0.3) is 0 Å². The van der Waals surface area contributed by atoms with Gasteiger partial charge in [-0.1, -0.05) is 109 Å². The van der Waals surface area contributed by atoms with Crippen molar-refractivity contribution in [2.75, 3.05) is 0 Å². The van der Waals surface area contributed by atoms with Crippen molar-refractivity contribution in [2.24, 2.45) is 0 Å². The lowest BCUT2D eigenvalue weighted by atomic mass is 10.2. The van der Waals surface area contributed by atoms with Gasteiger partial charge in [-0.15, -0.1) is 0 Å². The molecule has 0 heterocycles. The van der Waals surface area contributed by atoms with E-state index in [-0.39, 0.29) is 0 Å². The molecule has 0 saturated heterocycles. The first-order valence-corrected chi connectivity index (χ1v) is 11.4. The molecule has 0 aromatic heterocycles. The van der Waals surface area contributed by atoms with Crippen molar-refractivity contribution in [3.05, 3.63) is 125 Å². The van der Waals surface area contributed by atoms with Crippen LogP contribution < -0.4 is 15.9 Å². The van der Waals surface area contributed by atoms with E-state index >= 15 is 0 Å². The van der Waals surface area contributed by atoms with E-state index in [0.717, 1.165) is 0 Å². The first kappa shape index (κ1) is 21.0. The van der Waals surface area contributed by atoms with Crippen LogP contribution in [0.5, 0.6) is 0 Å². The average Bonchev–Trinajstić information content (AvgIpc) is 2.73. The fourth-order valence-electron chi connectivity index (χ4n) is 3.37. The van der Waals surface area contributed by atoms with Crippen molar-refractivity contribution in [1.29, 1.82) is 0 Å². The minimum atomic E-state index is -0.508. The summed E-state index contributed by atoms with van der Waals surface area (Å²) in [6, 6.07) is 36.7. The van der Waals surface area contributed by atoms with Crippen LogP contribution in [0.3, 0.4) is 0 Å². The number of rotatable bonds is 3. The molecule has 29 heavy (non-hydrogen) atoms. The molecule has 4 aromatic rings. The van der Waals surface area contributed by atoms with E-state index in [4.69, 9.17) is 0 Å². The summed E-state index contributed by atoms with van der Waals surface area (Å²) in [5, 5.41) is 4.38. The molecule has 0 spiro atoms. The van der Waals surface area contributed by atoms with Crippen LogP contribution in [0.1, 0.15) is 22.3 Å². The molecule has 0 aliphatic rings. The second-order valence-electron chi connectivity index (χ2n) is 7.35.